The summed E-state index contributed by atoms with van der Waals surface area (Å²) in [5.41, 5.74) is 1.49. The molecule has 2 aromatic heterocycles. The summed E-state index contributed by atoms with van der Waals surface area (Å²) in [6, 6.07) is 7.27. The molecule has 25 heavy (non-hydrogen) atoms. The van der Waals surface area contributed by atoms with Crippen LogP contribution in [-0.4, -0.2) is 27.1 Å². The zero-order chi connectivity index (χ0) is 18.0. The Kier molecular flexibility index (Phi) is 4.42. The first-order valence-corrected chi connectivity index (χ1v) is 7.55. The Morgan fingerprint density at radius 2 is 2.12 bits per heavy atom. The predicted octanol–water partition coefficient (Wildman–Crippen LogP) is 4.08. The fraction of sp³-hybridized carbons (Fsp3) is 0.176. The second kappa shape index (κ2) is 6.68. The van der Waals surface area contributed by atoms with E-state index in [9.17, 15) is 14.3 Å². The largest absolute Gasteiger partial charge is 0.508 e. The Morgan fingerprint density at radius 1 is 1.32 bits per heavy atom. The normalized spacial score (nSPS) is 11.3. The van der Waals surface area contributed by atoms with Gasteiger partial charge in [0.2, 0.25) is 0 Å². The Labute approximate surface area is 142 Å². The van der Waals surface area contributed by atoms with E-state index in [1.165, 1.54) is 34.9 Å². The highest BCUT2D eigenvalue weighted by Gasteiger charge is 2.20. The molecule has 0 fully saturated rings. The number of carbonyl (C=O) groups is 1. The quantitative estimate of drug-likeness (QED) is 0.571. The molecule has 0 radical (unpaired) electrons. The average Bonchev–Trinajstić information content (AvgIpc) is 2.92. The van der Waals surface area contributed by atoms with Gasteiger partial charge in [-0.3, -0.25) is 4.40 Å². The molecule has 8 heteroatoms. The Bertz CT molecular complexity index is 981. The fourth-order valence-corrected chi connectivity index (χ4v) is 2.29. The molecule has 0 aliphatic rings. The Hall–Kier alpha value is -3.29. The monoisotopic (exact) mass is 342 g/mol. The van der Waals surface area contributed by atoms with Crippen molar-refractivity contribution < 1.29 is 19.0 Å². The molecular weight excluding hydrogens is 327 g/mol. The van der Waals surface area contributed by atoms with Crippen molar-refractivity contribution in [1.82, 2.24) is 9.38 Å². The van der Waals surface area contributed by atoms with Crippen molar-refractivity contribution in [2.45, 2.75) is 13.8 Å². The maximum absolute atomic E-state index is 13.6. The molecule has 1 aromatic carbocycles. The molecule has 128 valence electrons. The van der Waals surface area contributed by atoms with Crippen LogP contribution >= 0.6 is 0 Å². The van der Waals surface area contributed by atoms with Crippen molar-refractivity contribution >= 4 is 23.1 Å². The highest BCUT2D eigenvalue weighted by molar-refractivity contribution is 5.93. The van der Waals surface area contributed by atoms with Crippen LogP contribution in [0.25, 0.3) is 5.65 Å². The number of imidazole rings is 1. The molecule has 0 aliphatic carbocycles. The van der Waals surface area contributed by atoms with Gasteiger partial charge in [0.05, 0.1) is 12.3 Å². The zero-order valence-corrected chi connectivity index (χ0v) is 13.6. The summed E-state index contributed by atoms with van der Waals surface area (Å²) in [5.74, 6) is -0.985. The van der Waals surface area contributed by atoms with Crippen molar-refractivity contribution in [2.75, 3.05) is 6.61 Å². The molecule has 3 aromatic rings. The number of rotatable bonds is 4. The molecule has 0 aliphatic heterocycles. The highest BCUT2D eigenvalue weighted by atomic mass is 19.1. The van der Waals surface area contributed by atoms with Crippen molar-refractivity contribution in [3.8, 4) is 5.75 Å². The van der Waals surface area contributed by atoms with E-state index in [2.05, 4.69) is 15.2 Å². The SMILES string of the molecule is CCOC(=O)c1nc2ccc(F)cn2c1N=Nc1ccc(O)cc1C. The molecule has 2 heterocycles. The van der Waals surface area contributed by atoms with E-state index in [1.54, 1.807) is 19.9 Å². The summed E-state index contributed by atoms with van der Waals surface area (Å²) in [6.07, 6.45) is 1.17. The van der Waals surface area contributed by atoms with Gasteiger partial charge in [-0.1, -0.05) is 0 Å². The summed E-state index contributed by atoms with van der Waals surface area (Å²) < 4.78 is 19.9. The number of phenolic OH excluding ortho intramolecular Hbond substituents is 1. The molecule has 0 saturated heterocycles. The van der Waals surface area contributed by atoms with E-state index in [0.717, 1.165) is 0 Å². The van der Waals surface area contributed by atoms with Gasteiger partial charge >= 0.3 is 5.97 Å². The minimum Gasteiger partial charge on any atom is -0.508 e. The summed E-state index contributed by atoms with van der Waals surface area (Å²) in [7, 11) is 0. The maximum Gasteiger partial charge on any atom is 0.360 e. The number of azo groups is 1. The second-order valence-electron chi connectivity index (χ2n) is 5.25. The number of hydrogen-bond acceptors (Lipinski definition) is 6. The Balaban J connectivity index is 2.12. The van der Waals surface area contributed by atoms with Crippen molar-refractivity contribution in [3.63, 3.8) is 0 Å². The van der Waals surface area contributed by atoms with Gasteiger partial charge in [0, 0.05) is 6.20 Å². The van der Waals surface area contributed by atoms with Crippen LogP contribution in [0.4, 0.5) is 15.9 Å². The lowest BCUT2D eigenvalue weighted by molar-refractivity contribution is 0.0521. The molecule has 0 saturated carbocycles. The van der Waals surface area contributed by atoms with Crippen LogP contribution in [0.1, 0.15) is 23.0 Å². The van der Waals surface area contributed by atoms with Gasteiger partial charge in [0.1, 0.15) is 17.2 Å². The second-order valence-corrected chi connectivity index (χ2v) is 5.25. The number of phenols is 1. The van der Waals surface area contributed by atoms with Crippen LogP contribution < -0.4 is 0 Å². The third-order valence-corrected chi connectivity index (χ3v) is 3.46. The number of benzene rings is 1. The van der Waals surface area contributed by atoms with Crippen LogP contribution in [0.2, 0.25) is 0 Å². The standard InChI is InChI=1S/C17H15FN4O3/c1-3-25-17(24)15-16(22-9-11(18)4-7-14(22)19-15)21-20-13-6-5-12(23)8-10(13)2/h4-9,23H,3H2,1-2H3. The van der Waals surface area contributed by atoms with Gasteiger partial charge in [0.15, 0.2) is 11.5 Å². The first-order valence-electron chi connectivity index (χ1n) is 7.55. The first kappa shape index (κ1) is 16.6. The van der Waals surface area contributed by atoms with E-state index < -0.39 is 11.8 Å². The number of pyridine rings is 1. The van der Waals surface area contributed by atoms with Gasteiger partial charge in [0.25, 0.3) is 0 Å². The number of halogens is 1. The van der Waals surface area contributed by atoms with Gasteiger partial charge in [-0.05, 0) is 49.7 Å². The maximum atomic E-state index is 13.6. The van der Waals surface area contributed by atoms with Crippen LogP contribution in [-0.2, 0) is 4.74 Å². The zero-order valence-electron chi connectivity index (χ0n) is 13.6. The number of hydrogen-bond donors (Lipinski definition) is 1. The molecule has 0 bridgehead atoms. The number of esters is 1. The molecule has 0 unspecified atom stereocenters. The fourth-order valence-electron chi connectivity index (χ4n) is 2.29. The van der Waals surface area contributed by atoms with Gasteiger partial charge in [-0.25, -0.2) is 14.2 Å². The summed E-state index contributed by atoms with van der Waals surface area (Å²) in [5, 5.41) is 17.6. The minimum absolute atomic E-state index is 0.0485. The number of aromatic hydroxyl groups is 1. The topological polar surface area (TPSA) is 88.5 Å². The van der Waals surface area contributed by atoms with Crippen LogP contribution in [0.15, 0.2) is 46.8 Å². The number of nitrogens with zero attached hydrogens (tertiary/aromatic N) is 4. The average molecular weight is 342 g/mol. The lowest BCUT2D eigenvalue weighted by atomic mass is 10.2. The van der Waals surface area contributed by atoms with E-state index in [4.69, 9.17) is 4.74 Å². The first-order chi connectivity index (χ1) is 12.0. The predicted molar refractivity (Wildman–Crippen MR) is 88.1 cm³/mol. The smallest absolute Gasteiger partial charge is 0.360 e. The molecule has 0 amide bonds. The lowest BCUT2D eigenvalue weighted by Gasteiger charge is -2.01. The van der Waals surface area contributed by atoms with E-state index in [0.29, 0.717) is 16.9 Å². The van der Waals surface area contributed by atoms with Crippen LogP contribution in [0, 0.1) is 12.7 Å². The van der Waals surface area contributed by atoms with Gasteiger partial charge in [-0.2, -0.15) is 0 Å². The van der Waals surface area contributed by atoms with Crippen molar-refractivity contribution in [1.29, 1.82) is 0 Å². The summed E-state index contributed by atoms with van der Waals surface area (Å²) >= 11 is 0. The molecule has 7 nitrogen and oxygen atoms in total. The summed E-state index contributed by atoms with van der Waals surface area (Å²) in [6.45, 7) is 3.61. The van der Waals surface area contributed by atoms with Crippen molar-refractivity contribution in [2.24, 2.45) is 10.2 Å². The number of aromatic nitrogens is 2. The van der Waals surface area contributed by atoms with Gasteiger partial charge in [-0.15, -0.1) is 10.2 Å². The lowest BCUT2D eigenvalue weighted by Crippen LogP contribution is -2.05. The minimum atomic E-state index is -0.664. The molecule has 0 spiro atoms. The molecular formula is C17H15FN4O3. The van der Waals surface area contributed by atoms with Crippen LogP contribution in [0.3, 0.4) is 0 Å². The summed E-state index contributed by atoms with van der Waals surface area (Å²) in [4.78, 5) is 16.3. The molecule has 0 atom stereocenters. The van der Waals surface area contributed by atoms with Crippen LogP contribution in [0.5, 0.6) is 5.75 Å². The number of aryl methyl sites for hydroxylation is 1. The van der Waals surface area contributed by atoms with Crippen molar-refractivity contribution in [3.05, 3.63) is 53.6 Å². The van der Waals surface area contributed by atoms with Gasteiger partial charge < -0.3 is 9.84 Å². The molecule has 3 rings (SSSR count). The molecule has 1 N–H and O–H groups in total. The third-order valence-electron chi connectivity index (χ3n) is 3.46. The third kappa shape index (κ3) is 3.32. The number of carbonyl (C=O) groups excluding carboxylic acids is 1. The Morgan fingerprint density at radius 3 is 2.84 bits per heavy atom. The van der Waals surface area contributed by atoms with E-state index in [1.807, 2.05) is 0 Å². The number of ether oxygens (including phenoxy) is 1. The van der Waals surface area contributed by atoms with E-state index >= 15 is 0 Å². The van der Waals surface area contributed by atoms with E-state index in [-0.39, 0.29) is 23.9 Å². The number of fused-ring (bicyclic) bond motifs is 1. The highest BCUT2D eigenvalue weighted by Crippen LogP contribution is 2.28.